The molecular formula is C42H83NO5S. The Hall–Kier alpha value is -0.920. The summed E-state index contributed by atoms with van der Waals surface area (Å²) in [6, 6.07) is -1.05. The summed E-state index contributed by atoms with van der Waals surface area (Å²) >= 11 is 0. The van der Waals surface area contributed by atoms with Gasteiger partial charge in [0.1, 0.15) is 0 Å². The van der Waals surface area contributed by atoms with Crippen LogP contribution >= 0.6 is 0 Å². The average molecular weight is 714 g/mol. The fraction of sp³-hybridized carbons (Fsp3) is 0.929. The number of hydrogen-bond acceptors (Lipinski definition) is 4. The standard InChI is InChI=1S/C42H83NO5S/c1-3-5-7-9-11-13-15-17-18-19-20-21-22-23-24-26-27-29-31-33-35-37-41(44)40(39-49(46,47)48)43-42(45)38-36-34-32-30-28-25-16-14-12-10-8-6-4-2/h35,37,40-41,44H,3-34,36,38-39H2,1-2H3,(H,43,45)(H,46,47,48)/b37-35+. The van der Waals surface area contributed by atoms with E-state index in [9.17, 15) is 22.9 Å². The molecule has 49 heavy (non-hydrogen) atoms. The van der Waals surface area contributed by atoms with Gasteiger partial charge in [-0.1, -0.05) is 219 Å². The summed E-state index contributed by atoms with van der Waals surface area (Å²) in [4.78, 5) is 12.5. The van der Waals surface area contributed by atoms with E-state index in [0.717, 1.165) is 38.5 Å². The van der Waals surface area contributed by atoms with Gasteiger partial charge in [0, 0.05) is 6.42 Å². The van der Waals surface area contributed by atoms with Crippen LogP contribution in [-0.4, -0.2) is 41.9 Å². The van der Waals surface area contributed by atoms with Crippen LogP contribution in [0, 0.1) is 0 Å². The molecule has 0 rings (SSSR count). The van der Waals surface area contributed by atoms with Gasteiger partial charge in [0.15, 0.2) is 0 Å². The zero-order chi connectivity index (χ0) is 36.1. The SMILES string of the molecule is CCCCCCCCCCCCCCCCCCCCC/C=C/C(O)C(CS(=O)(=O)O)NC(=O)CCCCCCCCCCCCCCC. The number of carbonyl (C=O) groups excluding carboxylic acids is 1. The van der Waals surface area contributed by atoms with Crippen LogP contribution in [0.4, 0.5) is 0 Å². The molecule has 0 fully saturated rings. The third-order valence-electron chi connectivity index (χ3n) is 9.96. The van der Waals surface area contributed by atoms with Gasteiger partial charge in [0.2, 0.25) is 5.91 Å². The maximum absolute atomic E-state index is 12.5. The lowest BCUT2D eigenvalue weighted by molar-refractivity contribution is -0.122. The van der Waals surface area contributed by atoms with Crippen molar-refractivity contribution in [2.75, 3.05) is 5.75 Å². The number of amides is 1. The van der Waals surface area contributed by atoms with Crippen molar-refractivity contribution >= 4 is 16.0 Å². The lowest BCUT2D eigenvalue weighted by Gasteiger charge is -2.21. The Morgan fingerprint density at radius 2 is 0.837 bits per heavy atom. The van der Waals surface area contributed by atoms with E-state index in [-0.39, 0.29) is 5.91 Å². The summed E-state index contributed by atoms with van der Waals surface area (Å²) < 4.78 is 32.5. The molecule has 2 unspecified atom stereocenters. The minimum atomic E-state index is -4.34. The third-order valence-corrected chi connectivity index (χ3v) is 10.7. The molecule has 0 radical (unpaired) electrons. The molecule has 0 aromatic carbocycles. The van der Waals surface area contributed by atoms with Gasteiger partial charge in [-0.15, -0.1) is 0 Å². The first kappa shape index (κ1) is 48.1. The average Bonchev–Trinajstić information content (AvgIpc) is 3.06. The lowest BCUT2D eigenvalue weighted by atomic mass is 10.0. The van der Waals surface area contributed by atoms with Crippen LogP contribution in [0.1, 0.15) is 232 Å². The van der Waals surface area contributed by atoms with Crippen LogP contribution in [0.15, 0.2) is 12.2 Å². The third kappa shape index (κ3) is 38.1. The second kappa shape index (κ2) is 36.9. The molecule has 0 aromatic rings. The van der Waals surface area contributed by atoms with Crippen molar-refractivity contribution in [2.24, 2.45) is 0 Å². The Labute approximate surface area is 305 Å². The number of aliphatic hydroxyl groups is 1. The molecule has 0 aliphatic heterocycles. The van der Waals surface area contributed by atoms with Crippen molar-refractivity contribution in [3.8, 4) is 0 Å². The first-order valence-corrected chi connectivity index (χ1v) is 23.0. The van der Waals surface area contributed by atoms with Crippen LogP contribution in [0.2, 0.25) is 0 Å². The first-order valence-electron chi connectivity index (χ1n) is 21.4. The second-order valence-corrected chi connectivity index (χ2v) is 16.5. The van der Waals surface area contributed by atoms with Crippen molar-refractivity contribution in [2.45, 2.75) is 244 Å². The number of aliphatic hydroxyl groups excluding tert-OH is 1. The fourth-order valence-corrected chi connectivity index (χ4v) is 7.48. The van der Waals surface area contributed by atoms with Gasteiger partial charge >= 0.3 is 0 Å². The minimum Gasteiger partial charge on any atom is -0.387 e. The van der Waals surface area contributed by atoms with Crippen molar-refractivity contribution in [1.82, 2.24) is 5.32 Å². The summed E-state index contributed by atoms with van der Waals surface area (Å²) in [5.74, 6) is -0.967. The van der Waals surface area contributed by atoms with Gasteiger partial charge in [-0.2, -0.15) is 8.42 Å². The quantitative estimate of drug-likeness (QED) is 0.0334. The summed E-state index contributed by atoms with van der Waals surface area (Å²) in [6.45, 7) is 4.53. The zero-order valence-electron chi connectivity index (χ0n) is 32.6. The monoisotopic (exact) mass is 714 g/mol. The molecule has 0 spiro atoms. The van der Waals surface area contributed by atoms with E-state index in [1.165, 1.54) is 173 Å². The molecule has 1 amide bonds. The summed E-state index contributed by atoms with van der Waals surface area (Å²) in [5.41, 5.74) is 0. The molecule has 0 saturated heterocycles. The Bertz CT molecular complexity index is 831. The van der Waals surface area contributed by atoms with Gasteiger partial charge in [0.25, 0.3) is 10.1 Å². The van der Waals surface area contributed by atoms with Gasteiger partial charge in [-0.25, -0.2) is 0 Å². The molecule has 2 atom stereocenters. The molecule has 0 bridgehead atoms. The minimum absolute atomic E-state index is 0.275. The van der Waals surface area contributed by atoms with Crippen LogP contribution < -0.4 is 5.32 Å². The van der Waals surface area contributed by atoms with E-state index in [1.807, 2.05) is 6.08 Å². The maximum atomic E-state index is 12.5. The largest absolute Gasteiger partial charge is 0.387 e. The number of nitrogens with one attached hydrogen (secondary N) is 1. The predicted octanol–water partition coefficient (Wildman–Crippen LogP) is 12.6. The highest BCUT2D eigenvalue weighted by Gasteiger charge is 2.24. The maximum Gasteiger partial charge on any atom is 0.267 e. The molecule has 3 N–H and O–H groups in total. The fourth-order valence-electron chi connectivity index (χ4n) is 6.75. The molecular weight excluding hydrogens is 631 g/mol. The normalized spacial score (nSPS) is 13.3. The van der Waals surface area contributed by atoms with E-state index in [0.29, 0.717) is 6.42 Å². The molecule has 0 saturated carbocycles. The number of rotatable bonds is 39. The molecule has 292 valence electrons. The van der Waals surface area contributed by atoms with E-state index < -0.39 is 28.0 Å². The number of hydrogen-bond donors (Lipinski definition) is 3. The summed E-state index contributed by atoms with van der Waals surface area (Å²) in [5, 5.41) is 13.2. The molecule has 0 aromatic heterocycles. The smallest absolute Gasteiger partial charge is 0.267 e. The Balaban J connectivity index is 3.84. The van der Waals surface area contributed by atoms with Crippen LogP contribution in [0.3, 0.4) is 0 Å². The topological polar surface area (TPSA) is 104 Å². The predicted molar refractivity (Wildman–Crippen MR) is 212 cm³/mol. The number of allylic oxidation sites excluding steroid dienone is 1. The van der Waals surface area contributed by atoms with E-state index in [2.05, 4.69) is 19.2 Å². The number of unbranched alkanes of at least 4 members (excludes halogenated alkanes) is 31. The molecule has 0 aliphatic rings. The van der Waals surface area contributed by atoms with Crippen LogP contribution in [-0.2, 0) is 14.9 Å². The van der Waals surface area contributed by atoms with E-state index in [1.54, 1.807) is 6.08 Å². The Kier molecular flexibility index (Phi) is 36.2. The van der Waals surface area contributed by atoms with Crippen LogP contribution in [0.5, 0.6) is 0 Å². The van der Waals surface area contributed by atoms with Gasteiger partial charge in [0.05, 0.1) is 17.9 Å². The van der Waals surface area contributed by atoms with Gasteiger partial charge in [-0.3, -0.25) is 9.35 Å². The van der Waals surface area contributed by atoms with Crippen molar-refractivity contribution in [3.05, 3.63) is 12.2 Å². The molecule has 0 heterocycles. The Morgan fingerprint density at radius 3 is 1.16 bits per heavy atom. The molecule has 6 nitrogen and oxygen atoms in total. The summed E-state index contributed by atoms with van der Waals surface area (Å²) in [7, 11) is -4.34. The lowest BCUT2D eigenvalue weighted by Crippen LogP contribution is -2.46. The highest BCUT2D eigenvalue weighted by atomic mass is 32.2. The highest BCUT2D eigenvalue weighted by molar-refractivity contribution is 7.85. The number of carbonyl (C=O) groups is 1. The van der Waals surface area contributed by atoms with E-state index in [4.69, 9.17) is 0 Å². The first-order chi connectivity index (χ1) is 23.8. The van der Waals surface area contributed by atoms with Crippen molar-refractivity contribution in [3.63, 3.8) is 0 Å². The Morgan fingerprint density at radius 1 is 0.531 bits per heavy atom. The molecule has 0 aliphatic carbocycles. The molecule has 7 heteroatoms. The highest BCUT2D eigenvalue weighted by Crippen LogP contribution is 2.16. The van der Waals surface area contributed by atoms with Crippen molar-refractivity contribution < 1.29 is 22.9 Å². The van der Waals surface area contributed by atoms with Crippen molar-refractivity contribution in [1.29, 1.82) is 0 Å². The van der Waals surface area contributed by atoms with Gasteiger partial charge < -0.3 is 10.4 Å². The second-order valence-electron chi connectivity index (χ2n) is 15.0. The zero-order valence-corrected chi connectivity index (χ0v) is 33.4. The van der Waals surface area contributed by atoms with E-state index >= 15 is 0 Å². The van der Waals surface area contributed by atoms with Gasteiger partial charge in [-0.05, 0) is 19.3 Å². The van der Waals surface area contributed by atoms with Crippen LogP contribution in [0.25, 0.3) is 0 Å². The summed E-state index contributed by atoms with van der Waals surface area (Å²) in [6.07, 6.45) is 44.9.